The maximum Gasteiger partial charge on any atom is 0.225 e. The van der Waals surface area contributed by atoms with E-state index in [2.05, 4.69) is 57.7 Å². The highest BCUT2D eigenvalue weighted by atomic mass is 32.1. The zero-order valence-corrected chi connectivity index (χ0v) is 13.3. The van der Waals surface area contributed by atoms with Crippen LogP contribution in [-0.2, 0) is 6.54 Å². The molecule has 0 radical (unpaired) electrons. The van der Waals surface area contributed by atoms with Crippen molar-refractivity contribution in [1.29, 1.82) is 0 Å². The van der Waals surface area contributed by atoms with Crippen LogP contribution >= 0.6 is 11.3 Å². The first-order valence-electron chi connectivity index (χ1n) is 7.15. The summed E-state index contributed by atoms with van der Waals surface area (Å²) >= 11 is 1.72. The fraction of sp³-hybridized carbons (Fsp3) is 0.176. The summed E-state index contributed by atoms with van der Waals surface area (Å²) in [5.41, 5.74) is 2.12. The maximum absolute atomic E-state index is 4.60. The number of hydrogen-bond donors (Lipinski definition) is 2. The Kier molecular flexibility index (Phi) is 4.34. The van der Waals surface area contributed by atoms with Gasteiger partial charge in [-0.3, -0.25) is 0 Å². The highest BCUT2D eigenvalue weighted by Gasteiger charge is 2.07. The third kappa shape index (κ3) is 3.26. The fourth-order valence-electron chi connectivity index (χ4n) is 2.20. The topological polar surface area (TPSA) is 49.8 Å². The van der Waals surface area contributed by atoms with E-state index in [-0.39, 0.29) is 0 Å². The Bertz CT molecular complexity index is 781. The average Bonchev–Trinajstić information content (AvgIpc) is 3.04. The van der Waals surface area contributed by atoms with Crippen LogP contribution in [0.25, 0.3) is 10.9 Å². The van der Waals surface area contributed by atoms with Gasteiger partial charge in [-0.1, -0.05) is 23.8 Å². The van der Waals surface area contributed by atoms with Gasteiger partial charge in [-0.15, -0.1) is 17.9 Å². The molecule has 0 aliphatic heterocycles. The normalized spacial score (nSPS) is 10.6. The van der Waals surface area contributed by atoms with Crippen molar-refractivity contribution in [2.75, 3.05) is 17.2 Å². The van der Waals surface area contributed by atoms with Gasteiger partial charge in [-0.25, -0.2) is 4.98 Å². The smallest absolute Gasteiger partial charge is 0.225 e. The van der Waals surface area contributed by atoms with Gasteiger partial charge < -0.3 is 10.6 Å². The summed E-state index contributed by atoms with van der Waals surface area (Å²) in [6.45, 7) is 7.22. The number of aromatic nitrogens is 2. The second kappa shape index (κ2) is 6.58. The first kappa shape index (κ1) is 14.5. The molecule has 22 heavy (non-hydrogen) atoms. The molecule has 0 unspecified atom stereocenters. The Morgan fingerprint density at radius 3 is 2.91 bits per heavy atom. The molecule has 2 N–H and O–H groups in total. The van der Waals surface area contributed by atoms with Crippen molar-refractivity contribution in [2.45, 2.75) is 13.5 Å². The number of benzene rings is 1. The third-order valence-electron chi connectivity index (χ3n) is 3.27. The van der Waals surface area contributed by atoms with E-state index in [1.54, 1.807) is 11.3 Å². The summed E-state index contributed by atoms with van der Waals surface area (Å²) in [4.78, 5) is 10.5. The van der Waals surface area contributed by atoms with Crippen LogP contribution in [0.1, 0.15) is 10.4 Å². The van der Waals surface area contributed by atoms with Crippen molar-refractivity contribution in [3.8, 4) is 0 Å². The molecule has 0 amide bonds. The van der Waals surface area contributed by atoms with Crippen molar-refractivity contribution in [2.24, 2.45) is 0 Å². The monoisotopic (exact) mass is 310 g/mol. The summed E-state index contributed by atoms with van der Waals surface area (Å²) in [6, 6.07) is 10.3. The summed E-state index contributed by atoms with van der Waals surface area (Å²) in [5.74, 6) is 1.47. The van der Waals surface area contributed by atoms with Crippen molar-refractivity contribution >= 4 is 34.0 Å². The van der Waals surface area contributed by atoms with E-state index in [4.69, 9.17) is 0 Å². The molecule has 5 heteroatoms. The highest BCUT2D eigenvalue weighted by Crippen LogP contribution is 2.23. The second-order valence-electron chi connectivity index (χ2n) is 5.02. The number of rotatable bonds is 6. The van der Waals surface area contributed by atoms with E-state index in [0.29, 0.717) is 12.5 Å². The van der Waals surface area contributed by atoms with Crippen LogP contribution in [0, 0.1) is 6.92 Å². The number of nitrogens with one attached hydrogen (secondary N) is 2. The summed E-state index contributed by atoms with van der Waals surface area (Å²) < 4.78 is 0. The van der Waals surface area contributed by atoms with Crippen LogP contribution in [0.4, 0.5) is 11.8 Å². The van der Waals surface area contributed by atoms with Crippen molar-refractivity contribution < 1.29 is 0 Å². The fourth-order valence-corrected chi connectivity index (χ4v) is 2.85. The molecule has 0 saturated carbocycles. The first-order valence-corrected chi connectivity index (χ1v) is 8.03. The van der Waals surface area contributed by atoms with E-state index in [1.165, 1.54) is 10.4 Å². The van der Waals surface area contributed by atoms with E-state index in [9.17, 15) is 0 Å². The van der Waals surface area contributed by atoms with Gasteiger partial charge in [-0.05, 0) is 30.5 Å². The molecule has 0 aliphatic carbocycles. The van der Waals surface area contributed by atoms with E-state index < -0.39 is 0 Å². The summed E-state index contributed by atoms with van der Waals surface area (Å²) in [6.07, 6.45) is 1.82. The Hall–Kier alpha value is -2.40. The molecular formula is C17H18N4S. The van der Waals surface area contributed by atoms with Crippen LogP contribution in [0.3, 0.4) is 0 Å². The Morgan fingerprint density at radius 2 is 2.14 bits per heavy atom. The quantitative estimate of drug-likeness (QED) is 0.670. The van der Waals surface area contributed by atoms with Crippen LogP contribution in [-0.4, -0.2) is 16.5 Å². The lowest BCUT2D eigenvalue weighted by atomic mass is 10.1. The largest absolute Gasteiger partial charge is 0.366 e. The third-order valence-corrected chi connectivity index (χ3v) is 4.14. The molecule has 1 aromatic carbocycles. The molecule has 0 bridgehead atoms. The lowest BCUT2D eigenvalue weighted by molar-refractivity contribution is 1.09. The zero-order chi connectivity index (χ0) is 15.4. The van der Waals surface area contributed by atoms with E-state index in [0.717, 1.165) is 23.3 Å². The number of anilines is 2. The molecule has 0 aliphatic rings. The lowest BCUT2D eigenvalue weighted by Gasteiger charge is -2.11. The number of nitrogens with zero attached hydrogens (tertiary/aromatic N) is 2. The van der Waals surface area contributed by atoms with Gasteiger partial charge in [0, 0.05) is 16.8 Å². The molecule has 4 nitrogen and oxygen atoms in total. The Morgan fingerprint density at radius 1 is 1.23 bits per heavy atom. The molecule has 0 fully saturated rings. The highest BCUT2D eigenvalue weighted by molar-refractivity contribution is 7.09. The van der Waals surface area contributed by atoms with Crippen molar-refractivity contribution in [3.05, 3.63) is 58.8 Å². The van der Waals surface area contributed by atoms with Gasteiger partial charge in [0.25, 0.3) is 0 Å². The average molecular weight is 310 g/mol. The first-order chi connectivity index (χ1) is 10.8. The molecule has 0 spiro atoms. The SMILES string of the molecule is C=CCNc1nc(NCc2cccs2)nc2ccc(C)cc12. The molecule has 0 saturated heterocycles. The van der Waals surface area contributed by atoms with Gasteiger partial charge in [0.2, 0.25) is 5.95 Å². The summed E-state index contributed by atoms with van der Waals surface area (Å²) in [7, 11) is 0. The minimum atomic E-state index is 0.635. The standard InChI is InChI=1S/C17H18N4S/c1-3-8-18-16-14-10-12(2)6-7-15(14)20-17(21-16)19-11-13-5-4-9-22-13/h3-7,9-10H,1,8,11H2,2H3,(H2,18,19,20,21). The molecule has 3 aromatic rings. The van der Waals surface area contributed by atoms with Crippen LogP contribution < -0.4 is 10.6 Å². The molecule has 2 heterocycles. The van der Waals surface area contributed by atoms with Gasteiger partial charge in [0.05, 0.1) is 12.1 Å². The van der Waals surface area contributed by atoms with Crippen molar-refractivity contribution in [3.63, 3.8) is 0 Å². The lowest BCUT2D eigenvalue weighted by Crippen LogP contribution is -2.07. The number of aryl methyl sites for hydroxylation is 1. The van der Waals surface area contributed by atoms with E-state index >= 15 is 0 Å². The Balaban J connectivity index is 1.92. The molecule has 112 valence electrons. The number of fused-ring (bicyclic) bond motifs is 1. The minimum Gasteiger partial charge on any atom is -0.366 e. The molecule has 3 rings (SSSR count). The predicted octanol–water partition coefficient (Wildman–Crippen LogP) is 4.21. The molecule has 2 aromatic heterocycles. The Labute approximate surface area is 133 Å². The van der Waals surface area contributed by atoms with Crippen LogP contribution in [0.15, 0.2) is 48.4 Å². The van der Waals surface area contributed by atoms with Gasteiger partial charge in [-0.2, -0.15) is 4.98 Å². The van der Waals surface area contributed by atoms with Gasteiger partial charge in [0.1, 0.15) is 5.82 Å². The zero-order valence-electron chi connectivity index (χ0n) is 12.5. The number of hydrogen-bond acceptors (Lipinski definition) is 5. The maximum atomic E-state index is 4.60. The molecular weight excluding hydrogens is 292 g/mol. The van der Waals surface area contributed by atoms with Gasteiger partial charge in [0.15, 0.2) is 0 Å². The van der Waals surface area contributed by atoms with Crippen LogP contribution in [0.5, 0.6) is 0 Å². The molecule has 0 atom stereocenters. The predicted molar refractivity (Wildman–Crippen MR) is 94.6 cm³/mol. The summed E-state index contributed by atoms with van der Waals surface area (Å²) in [5, 5.41) is 9.68. The minimum absolute atomic E-state index is 0.635. The van der Waals surface area contributed by atoms with Gasteiger partial charge >= 0.3 is 0 Å². The second-order valence-corrected chi connectivity index (χ2v) is 6.05. The van der Waals surface area contributed by atoms with Crippen LogP contribution in [0.2, 0.25) is 0 Å². The van der Waals surface area contributed by atoms with Crippen molar-refractivity contribution in [1.82, 2.24) is 9.97 Å². The number of thiophene rings is 1. The van der Waals surface area contributed by atoms with E-state index in [1.807, 2.05) is 18.2 Å².